The number of halogens is 3. The van der Waals surface area contributed by atoms with E-state index in [0.717, 1.165) is 8.61 Å². The molecule has 132 valence electrons. The van der Waals surface area contributed by atoms with Crippen LogP contribution in [0.5, 0.6) is 0 Å². The molecule has 1 heterocycles. The van der Waals surface area contributed by atoms with Crippen LogP contribution in [0.3, 0.4) is 0 Å². The molecule has 6 nitrogen and oxygen atoms in total. The van der Waals surface area contributed by atoms with E-state index >= 15 is 0 Å². The van der Waals surface area contributed by atoms with Crippen molar-refractivity contribution in [2.24, 2.45) is 0 Å². The maximum atomic E-state index is 12.8. The highest BCUT2D eigenvalue weighted by atomic mass is 35.5. The molecule has 0 unspecified atom stereocenters. The summed E-state index contributed by atoms with van der Waals surface area (Å²) in [5.74, 6) is -0.649. The molecule has 2 rings (SSSR count). The second kappa shape index (κ2) is 7.49. The van der Waals surface area contributed by atoms with E-state index in [4.69, 9.17) is 39.5 Å². The Morgan fingerprint density at radius 2 is 1.83 bits per heavy atom. The van der Waals surface area contributed by atoms with Gasteiger partial charge in [0.15, 0.2) is 0 Å². The molecule has 0 saturated carbocycles. The van der Waals surface area contributed by atoms with Crippen molar-refractivity contribution in [2.75, 3.05) is 30.5 Å². The van der Waals surface area contributed by atoms with Gasteiger partial charge in [0.05, 0.1) is 28.9 Å². The lowest BCUT2D eigenvalue weighted by Crippen LogP contribution is -2.52. The number of ether oxygens (including phenoxy) is 1. The minimum atomic E-state index is -4.03. The first-order chi connectivity index (χ1) is 11.2. The molecule has 1 saturated heterocycles. The van der Waals surface area contributed by atoms with Gasteiger partial charge in [0.1, 0.15) is 6.54 Å². The zero-order valence-electron chi connectivity index (χ0n) is 12.8. The van der Waals surface area contributed by atoms with Gasteiger partial charge in [-0.25, -0.2) is 0 Å². The minimum Gasteiger partial charge on any atom is -0.465 e. The molecule has 0 spiro atoms. The first-order valence-electron chi connectivity index (χ1n) is 6.91. The van der Waals surface area contributed by atoms with E-state index < -0.39 is 22.7 Å². The summed E-state index contributed by atoms with van der Waals surface area (Å²) in [5, 5.41) is 0.453. The number of benzene rings is 1. The average Bonchev–Trinajstić information content (AvgIpc) is 2.43. The van der Waals surface area contributed by atoms with Crippen LogP contribution >= 0.6 is 34.8 Å². The predicted octanol–water partition coefficient (Wildman–Crippen LogP) is 3.13. The van der Waals surface area contributed by atoms with Crippen LogP contribution in [0.25, 0.3) is 0 Å². The van der Waals surface area contributed by atoms with Crippen LogP contribution in [0.4, 0.5) is 5.69 Å². The second-order valence-electron chi connectivity index (χ2n) is 5.06. The van der Waals surface area contributed by atoms with E-state index in [9.17, 15) is 13.2 Å². The van der Waals surface area contributed by atoms with Crippen molar-refractivity contribution in [1.82, 2.24) is 4.31 Å². The zero-order chi connectivity index (χ0) is 18.1. The second-order valence-corrected chi connectivity index (χ2v) is 8.16. The molecule has 1 aliphatic rings. The van der Waals surface area contributed by atoms with Gasteiger partial charge in [0.2, 0.25) is 0 Å². The molecule has 24 heavy (non-hydrogen) atoms. The number of anilines is 1. The minimum absolute atomic E-state index is 0.00271. The van der Waals surface area contributed by atoms with Crippen molar-refractivity contribution < 1.29 is 17.9 Å². The lowest BCUT2D eigenvalue weighted by Gasteiger charge is -2.37. The summed E-state index contributed by atoms with van der Waals surface area (Å²) in [5.41, 5.74) is 0.675. The number of nitrogens with zero attached hydrogens (tertiary/aromatic N) is 2. The lowest BCUT2D eigenvalue weighted by molar-refractivity contribution is -0.143. The Bertz CT molecular complexity index is 759. The molecule has 0 aliphatic carbocycles. The molecular weight excluding hydrogens is 399 g/mol. The highest BCUT2D eigenvalue weighted by Crippen LogP contribution is 2.39. The Hall–Kier alpha value is -0.990. The Morgan fingerprint density at radius 1 is 1.25 bits per heavy atom. The first kappa shape index (κ1) is 19.3. The molecule has 1 aromatic carbocycles. The van der Waals surface area contributed by atoms with Gasteiger partial charge in [-0.05, 0) is 24.6 Å². The standard InChI is InChI=1S/C14H15Cl3N2O4S/c1-3-23-13(20)8-18-6-9(2)7-19(24(18,21)22)14-11(16)4-10(15)5-12(14)17/h4-5H,2-3,6-8H2,1H3. The van der Waals surface area contributed by atoms with Gasteiger partial charge in [-0.1, -0.05) is 41.4 Å². The third-order valence-electron chi connectivity index (χ3n) is 3.21. The van der Waals surface area contributed by atoms with E-state index in [1.807, 2.05) is 0 Å². The summed E-state index contributed by atoms with van der Waals surface area (Å²) < 4.78 is 32.5. The summed E-state index contributed by atoms with van der Waals surface area (Å²) in [4.78, 5) is 11.7. The number of rotatable bonds is 4. The van der Waals surface area contributed by atoms with E-state index in [1.54, 1.807) is 6.92 Å². The maximum absolute atomic E-state index is 12.8. The van der Waals surface area contributed by atoms with Crippen molar-refractivity contribution >= 4 is 56.7 Å². The average molecular weight is 414 g/mol. The third-order valence-corrected chi connectivity index (χ3v) is 5.79. The largest absolute Gasteiger partial charge is 0.465 e. The molecule has 0 amide bonds. The van der Waals surface area contributed by atoms with E-state index in [2.05, 4.69) is 6.58 Å². The normalized spacial score (nSPS) is 17.8. The summed E-state index contributed by atoms with van der Waals surface area (Å²) >= 11 is 18.1. The fraction of sp³-hybridized carbons (Fsp3) is 0.357. The topological polar surface area (TPSA) is 66.9 Å². The van der Waals surface area contributed by atoms with Crippen molar-refractivity contribution in [3.63, 3.8) is 0 Å². The zero-order valence-corrected chi connectivity index (χ0v) is 15.8. The molecule has 0 atom stereocenters. The number of carbonyl (C=O) groups excluding carboxylic acids is 1. The Balaban J connectivity index is 2.44. The van der Waals surface area contributed by atoms with E-state index in [1.165, 1.54) is 12.1 Å². The fourth-order valence-electron chi connectivity index (χ4n) is 2.26. The molecule has 1 fully saturated rings. The number of hydrogen-bond donors (Lipinski definition) is 0. The molecule has 0 radical (unpaired) electrons. The number of hydrogen-bond acceptors (Lipinski definition) is 4. The third kappa shape index (κ3) is 3.97. The van der Waals surface area contributed by atoms with Crippen LogP contribution in [0, 0.1) is 0 Å². The van der Waals surface area contributed by atoms with Gasteiger partial charge in [-0.2, -0.15) is 12.7 Å². The molecule has 1 aromatic rings. The SMILES string of the molecule is C=C1CN(CC(=O)OCC)S(=O)(=O)N(c2c(Cl)cc(Cl)cc2Cl)C1. The van der Waals surface area contributed by atoms with Gasteiger partial charge >= 0.3 is 16.2 Å². The molecular formula is C14H15Cl3N2O4S. The predicted molar refractivity (Wildman–Crippen MR) is 95.1 cm³/mol. The van der Waals surface area contributed by atoms with E-state index in [-0.39, 0.29) is 40.5 Å². The summed E-state index contributed by atoms with van der Waals surface area (Å²) in [7, 11) is -4.03. The van der Waals surface area contributed by atoms with Crippen LogP contribution in [-0.4, -0.2) is 44.9 Å². The molecule has 10 heteroatoms. The quantitative estimate of drug-likeness (QED) is 0.562. The summed E-state index contributed by atoms with van der Waals surface area (Å²) in [6.45, 7) is 5.22. The summed E-state index contributed by atoms with van der Waals surface area (Å²) in [6, 6.07) is 2.79. The molecule has 0 N–H and O–H groups in total. The number of esters is 1. The van der Waals surface area contributed by atoms with Crippen molar-refractivity contribution in [1.29, 1.82) is 0 Å². The van der Waals surface area contributed by atoms with Crippen molar-refractivity contribution in [2.45, 2.75) is 6.92 Å². The van der Waals surface area contributed by atoms with Gasteiger partial charge in [0, 0.05) is 11.6 Å². The highest BCUT2D eigenvalue weighted by Gasteiger charge is 2.38. The number of carbonyl (C=O) groups is 1. The van der Waals surface area contributed by atoms with Crippen LogP contribution in [-0.2, 0) is 19.7 Å². The Morgan fingerprint density at radius 3 is 2.38 bits per heavy atom. The van der Waals surface area contributed by atoms with Crippen LogP contribution < -0.4 is 4.31 Å². The lowest BCUT2D eigenvalue weighted by atomic mass is 10.2. The van der Waals surface area contributed by atoms with Crippen LogP contribution in [0.15, 0.2) is 24.3 Å². The van der Waals surface area contributed by atoms with Gasteiger partial charge in [0.25, 0.3) is 0 Å². The van der Waals surface area contributed by atoms with Gasteiger partial charge in [-0.15, -0.1) is 0 Å². The van der Waals surface area contributed by atoms with Crippen molar-refractivity contribution in [3.05, 3.63) is 39.4 Å². The van der Waals surface area contributed by atoms with Gasteiger partial charge in [-0.3, -0.25) is 9.10 Å². The molecule has 0 aromatic heterocycles. The van der Waals surface area contributed by atoms with Crippen LogP contribution in [0.2, 0.25) is 15.1 Å². The monoisotopic (exact) mass is 412 g/mol. The van der Waals surface area contributed by atoms with Crippen molar-refractivity contribution in [3.8, 4) is 0 Å². The molecule has 1 aliphatic heterocycles. The Labute approximate surface area is 155 Å². The summed E-state index contributed by atoms with van der Waals surface area (Å²) in [6.07, 6.45) is 0. The van der Waals surface area contributed by atoms with Gasteiger partial charge < -0.3 is 4.74 Å². The molecule has 0 bridgehead atoms. The fourth-order valence-corrected chi connectivity index (χ4v) is 5.05. The first-order valence-corrected chi connectivity index (χ1v) is 9.44. The highest BCUT2D eigenvalue weighted by molar-refractivity contribution is 7.90. The van der Waals surface area contributed by atoms with Crippen LogP contribution in [0.1, 0.15) is 6.92 Å². The Kier molecular flexibility index (Phi) is 6.04. The smallest absolute Gasteiger partial charge is 0.321 e. The maximum Gasteiger partial charge on any atom is 0.321 e. The van der Waals surface area contributed by atoms with E-state index in [0.29, 0.717) is 5.57 Å².